The van der Waals surface area contributed by atoms with Crippen molar-refractivity contribution in [1.82, 2.24) is 0 Å². The predicted octanol–water partition coefficient (Wildman–Crippen LogP) is 1.62. The van der Waals surface area contributed by atoms with Crippen molar-refractivity contribution in [3.05, 3.63) is 41.5 Å². The van der Waals surface area contributed by atoms with Gasteiger partial charge < -0.3 is 5.73 Å². The summed E-state index contributed by atoms with van der Waals surface area (Å²) in [6.07, 6.45) is 1.84. The van der Waals surface area contributed by atoms with E-state index in [0.717, 1.165) is 5.56 Å². The lowest BCUT2D eigenvalue weighted by atomic mass is 10.1. The molecular weight excluding hydrogens is 162 g/mol. The van der Waals surface area contributed by atoms with Crippen molar-refractivity contribution in [2.75, 3.05) is 6.54 Å². The zero-order chi connectivity index (χ0) is 9.68. The molecule has 0 aliphatic heterocycles. The second-order valence-electron chi connectivity index (χ2n) is 2.87. The SMILES string of the molecule is C/C(=C\c1ccccc1)C(=O)CN. The van der Waals surface area contributed by atoms with Gasteiger partial charge in [-0.15, -0.1) is 0 Å². The monoisotopic (exact) mass is 175 g/mol. The lowest BCUT2D eigenvalue weighted by Crippen LogP contribution is -2.13. The minimum atomic E-state index is -0.0103. The van der Waals surface area contributed by atoms with Crippen LogP contribution in [0.2, 0.25) is 0 Å². The molecular formula is C11H13NO. The molecule has 0 bridgehead atoms. The van der Waals surface area contributed by atoms with Crippen LogP contribution in [0.4, 0.5) is 0 Å². The third-order valence-corrected chi connectivity index (χ3v) is 1.81. The lowest BCUT2D eigenvalue weighted by molar-refractivity contribution is -0.114. The Morgan fingerprint density at radius 2 is 2.00 bits per heavy atom. The Hall–Kier alpha value is -1.41. The third kappa shape index (κ3) is 2.84. The molecule has 13 heavy (non-hydrogen) atoms. The summed E-state index contributed by atoms with van der Waals surface area (Å²) in [5.41, 5.74) is 6.97. The van der Waals surface area contributed by atoms with E-state index < -0.39 is 0 Å². The number of carbonyl (C=O) groups excluding carboxylic acids is 1. The Morgan fingerprint density at radius 3 is 2.54 bits per heavy atom. The van der Waals surface area contributed by atoms with Crippen LogP contribution >= 0.6 is 0 Å². The molecule has 68 valence electrons. The molecule has 1 aromatic carbocycles. The molecule has 0 heterocycles. The van der Waals surface area contributed by atoms with Crippen molar-refractivity contribution in [2.45, 2.75) is 6.92 Å². The first-order valence-corrected chi connectivity index (χ1v) is 4.20. The van der Waals surface area contributed by atoms with Crippen molar-refractivity contribution in [1.29, 1.82) is 0 Å². The van der Waals surface area contributed by atoms with Crippen LogP contribution in [0.15, 0.2) is 35.9 Å². The van der Waals surface area contributed by atoms with Crippen LogP contribution in [0.1, 0.15) is 12.5 Å². The standard InChI is InChI=1S/C11H13NO/c1-9(11(13)8-12)7-10-5-3-2-4-6-10/h2-7H,8,12H2,1H3/b9-7+. The molecule has 1 rings (SSSR count). The molecule has 2 heteroatoms. The summed E-state index contributed by atoms with van der Waals surface area (Å²) in [6, 6.07) is 9.72. The minimum absolute atomic E-state index is 0.0103. The van der Waals surface area contributed by atoms with Gasteiger partial charge in [-0.1, -0.05) is 30.3 Å². The van der Waals surface area contributed by atoms with Gasteiger partial charge in [-0.05, 0) is 24.1 Å². The topological polar surface area (TPSA) is 43.1 Å². The van der Waals surface area contributed by atoms with E-state index in [9.17, 15) is 4.79 Å². The highest BCUT2D eigenvalue weighted by molar-refractivity contribution is 6.00. The molecule has 0 unspecified atom stereocenters. The number of nitrogens with two attached hydrogens (primary N) is 1. The van der Waals surface area contributed by atoms with Gasteiger partial charge in [0.25, 0.3) is 0 Å². The van der Waals surface area contributed by atoms with Crippen LogP contribution in [0, 0.1) is 0 Å². The molecule has 1 aromatic rings. The average Bonchev–Trinajstić information content (AvgIpc) is 2.18. The Labute approximate surface area is 78.1 Å². The van der Waals surface area contributed by atoms with Crippen molar-refractivity contribution < 1.29 is 4.79 Å². The van der Waals surface area contributed by atoms with E-state index >= 15 is 0 Å². The number of carbonyl (C=O) groups is 1. The zero-order valence-corrected chi connectivity index (χ0v) is 7.66. The highest BCUT2D eigenvalue weighted by atomic mass is 16.1. The molecule has 0 saturated heterocycles. The van der Waals surface area contributed by atoms with Crippen molar-refractivity contribution in [3.63, 3.8) is 0 Å². The van der Waals surface area contributed by atoms with Crippen LogP contribution < -0.4 is 5.73 Å². The number of Topliss-reactive ketones (excluding diaryl/α,β-unsaturated/α-hetero) is 1. The molecule has 0 fully saturated rings. The second-order valence-corrected chi connectivity index (χ2v) is 2.87. The van der Waals surface area contributed by atoms with E-state index in [1.807, 2.05) is 36.4 Å². The number of rotatable bonds is 3. The fourth-order valence-electron chi connectivity index (χ4n) is 1.04. The summed E-state index contributed by atoms with van der Waals surface area (Å²) < 4.78 is 0. The van der Waals surface area contributed by atoms with E-state index in [4.69, 9.17) is 5.73 Å². The Kier molecular flexibility index (Phi) is 3.41. The molecule has 0 aliphatic carbocycles. The fraction of sp³-hybridized carbons (Fsp3) is 0.182. The van der Waals surface area contributed by atoms with Gasteiger partial charge in [-0.25, -0.2) is 0 Å². The molecule has 2 N–H and O–H groups in total. The summed E-state index contributed by atoms with van der Waals surface area (Å²) in [4.78, 5) is 11.1. The number of benzene rings is 1. The van der Waals surface area contributed by atoms with Crippen LogP contribution in [0.25, 0.3) is 6.08 Å². The van der Waals surface area contributed by atoms with Gasteiger partial charge >= 0.3 is 0 Å². The predicted molar refractivity (Wildman–Crippen MR) is 54.2 cm³/mol. The maximum absolute atomic E-state index is 11.1. The maximum Gasteiger partial charge on any atom is 0.172 e. The molecule has 0 aliphatic rings. The van der Waals surface area contributed by atoms with E-state index in [0.29, 0.717) is 5.57 Å². The molecule has 0 saturated carbocycles. The van der Waals surface area contributed by atoms with E-state index in [-0.39, 0.29) is 12.3 Å². The zero-order valence-electron chi connectivity index (χ0n) is 7.66. The van der Waals surface area contributed by atoms with E-state index in [1.54, 1.807) is 6.92 Å². The lowest BCUT2D eigenvalue weighted by Gasteiger charge is -1.97. The number of hydrogen-bond acceptors (Lipinski definition) is 2. The quantitative estimate of drug-likeness (QED) is 0.709. The fourth-order valence-corrected chi connectivity index (χ4v) is 1.04. The van der Waals surface area contributed by atoms with Gasteiger partial charge in [0.2, 0.25) is 0 Å². The summed E-state index contributed by atoms with van der Waals surface area (Å²) in [5.74, 6) is -0.0103. The summed E-state index contributed by atoms with van der Waals surface area (Å²) in [5, 5.41) is 0. The van der Waals surface area contributed by atoms with Crippen LogP contribution in [-0.4, -0.2) is 12.3 Å². The first-order valence-electron chi connectivity index (χ1n) is 4.20. The van der Waals surface area contributed by atoms with E-state index in [1.165, 1.54) is 0 Å². The molecule has 0 atom stereocenters. The summed E-state index contributed by atoms with van der Waals surface area (Å²) in [7, 11) is 0. The summed E-state index contributed by atoms with van der Waals surface area (Å²) in [6.45, 7) is 1.86. The minimum Gasteiger partial charge on any atom is -0.324 e. The normalized spacial score (nSPS) is 11.4. The first kappa shape index (κ1) is 9.68. The van der Waals surface area contributed by atoms with Gasteiger partial charge in [0, 0.05) is 0 Å². The number of ketones is 1. The van der Waals surface area contributed by atoms with Gasteiger partial charge in [-0.2, -0.15) is 0 Å². The summed E-state index contributed by atoms with van der Waals surface area (Å²) >= 11 is 0. The van der Waals surface area contributed by atoms with Gasteiger partial charge in [0.1, 0.15) is 0 Å². The Bertz CT molecular complexity index is 314. The Balaban J connectivity index is 2.83. The van der Waals surface area contributed by atoms with Crippen LogP contribution in [0.5, 0.6) is 0 Å². The molecule has 0 aromatic heterocycles. The van der Waals surface area contributed by atoms with Gasteiger partial charge in [0.15, 0.2) is 5.78 Å². The van der Waals surface area contributed by atoms with Crippen LogP contribution in [0.3, 0.4) is 0 Å². The maximum atomic E-state index is 11.1. The Morgan fingerprint density at radius 1 is 1.38 bits per heavy atom. The van der Waals surface area contributed by atoms with Crippen molar-refractivity contribution >= 4 is 11.9 Å². The van der Waals surface area contributed by atoms with Crippen LogP contribution in [-0.2, 0) is 4.79 Å². The largest absolute Gasteiger partial charge is 0.324 e. The van der Waals surface area contributed by atoms with Crippen molar-refractivity contribution in [3.8, 4) is 0 Å². The average molecular weight is 175 g/mol. The highest BCUT2D eigenvalue weighted by Crippen LogP contribution is 2.05. The van der Waals surface area contributed by atoms with Crippen molar-refractivity contribution in [2.24, 2.45) is 5.73 Å². The smallest absolute Gasteiger partial charge is 0.172 e. The highest BCUT2D eigenvalue weighted by Gasteiger charge is 1.99. The molecule has 0 spiro atoms. The molecule has 0 amide bonds. The van der Waals surface area contributed by atoms with Gasteiger partial charge in [0.05, 0.1) is 6.54 Å². The number of hydrogen-bond donors (Lipinski definition) is 1. The van der Waals surface area contributed by atoms with Gasteiger partial charge in [-0.3, -0.25) is 4.79 Å². The second kappa shape index (κ2) is 4.58. The van der Waals surface area contributed by atoms with E-state index in [2.05, 4.69) is 0 Å². The first-order chi connectivity index (χ1) is 6.24. The molecule has 0 radical (unpaired) electrons. The molecule has 2 nitrogen and oxygen atoms in total. The third-order valence-electron chi connectivity index (χ3n) is 1.81.